The topological polar surface area (TPSA) is 52.3 Å². The highest BCUT2D eigenvalue weighted by Gasteiger charge is 2.32. The number of hydrogen-bond donors (Lipinski definition) is 1. The van der Waals surface area contributed by atoms with Crippen LogP contribution in [0.3, 0.4) is 0 Å². The Bertz CT molecular complexity index is 392. The standard InChI is InChI=1S/C8H5BrF3NO2/c9-6-1-4(13)2-7(5(6)3-14)15-8(10,11)12/h1-3H,13H2. The third-order valence-electron chi connectivity index (χ3n) is 1.46. The average Bonchev–Trinajstić information content (AvgIpc) is 1.99. The molecule has 0 fully saturated rings. The first-order valence-electron chi connectivity index (χ1n) is 3.63. The molecule has 2 N–H and O–H groups in total. The molecule has 0 spiro atoms. The summed E-state index contributed by atoms with van der Waals surface area (Å²) in [4.78, 5) is 10.5. The second-order valence-corrected chi connectivity index (χ2v) is 3.43. The molecule has 3 nitrogen and oxygen atoms in total. The number of benzene rings is 1. The van der Waals surface area contributed by atoms with Crippen LogP contribution in [0.25, 0.3) is 0 Å². The fraction of sp³-hybridized carbons (Fsp3) is 0.125. The monoisotopic (exact) mass is 283 g/mol. The molecule has 0 atom stereocenters. The van der Waals surface area contributed by atoms with E-state index in [9.17, 15) is 18.0 Å². The quantitative estimate of drug-likeness (QED) is 0.671. The molecule has 7 heteroatoms. The number of carbonyl (C=O) groups excluding carboxylic acids is 1. The molecular weight excluding hydrogens is 279 g/mol. The van der Waals surface area contributed by atoms with Crippen LogP contribution >= 0.6 is 15.9 Å². The molecule has 0 unspecified atom stereocenters. The number of nitrogen functional groups attached to an aromatic ring is 1. The summed E-state index contributed by atoms with van der Waals surface area (Å²) >= 11 is 2.91. The predicted octanol–water partition coefficient (Wildman–Crippen LogP) is 2.74. The van der Waals surface area contributed by atoms with Gasteiger partial charge in [0.25, 0.3) is 0 Å². The van der Waals surface area contributed by atoms with Crippen LogP contribution in [-0.2, 0) is 0 Å². The lowest BCUT2D eigenvalue weighted by Gasteiger charge is -2.12. The van der Waals surface area contributed by atoms with Crippen molar-refractivity contribution < 1.29 is 22.7 Å². The van der Waals surface area contributed by atoms with Gasteiger partial charge in [-0.25, -0.2) is 0 Å². The van der Waals surface area contributed by atoms with Gasteiger partial charge in [0.15, 0.2) is 6.29 Å². The Kier molecular flexibility index (Phi) is 3.23. The first-order chi connectivity index (χ1) is 6.83. The number of rotatable bonds is 2. The summed E-state index contributed by atoms with van der Waals surface area (Å²) in [6.45, 7) is 0. The molecule has 0 amide bonds. The van der Waals surface area contributed by atoms with Crippen LogP contribution in [0.2, 0.25) is 0 Å². The maximum atomic E-state index is 11.9. The van der Waals surface area contributed by atoms with Crippen LogP contribution in [-0.4, -0.2) is 12.6 Å². The van der Waals surface area contributed by atoms with Crippen molar-refractivity contribution in [2.75, 3.05) is 5.73 Å². The van der Waals surface area contributed by atoms with Gasteiger partial charge in [0.1, 0.15) is 5.75 Å². The van der Waals surface area contributed by atoms with Gasteiger partial charge in [-0.1, -0.05) is 0 Å². The summed E-state index contributed by atoms with van der Waals surface area (Å²) in [6, 6.07) is 2.24. The van der Waals surface area contributed by atoms with Gasteiger partial charge >= 0.3 is 6.36 Å². The van der Waals surface area contributed by atoms with Crippen LogP contribution in [0, 0.1) is 0 Å². The number of aldehydes is 1. The molecule has 1 aromatic rings. The normalized spacial score (nSPS) is 11.2. The Balaban J connectivity index is 3.21. The largest absolute Gasteiger partial charge is 0.573 e. The molecule has 0 saturated carbocycles. The molecule has 82 valence electrons. The maximum absolute atomic E-state index is 11.9. The van der Waals surface area contributed by atoms with Gasteiger partial charge in [0.2, 0.25) is 0 Å². The smallest absolute Gasteiger partial charge is 0.405 e. The van der Waals surface area contributed by atoms with E-state index in [1.807, 2.05) is 0 Å². The summed E-state index contributed by atoms with van der Waals surface area (Å²) < 4.78 is 39.6. The lowest BCUT2D eigenvalue weighted by atomic mass is 10.2. The number of anilines is 1. The van der Waals surface area contributed by atoms with Gasteiger partial charge in [0, 0.05) is 16.2 Å². The van der Waals surface area contributed by atoms with Crippen molar-refractivity contribution in [3.05, 3.63) is 22.2 Å². The van der Waals surface area contributed by atoms with Crippen LogP contribution < -0.4 is 10.5 Å². The lowest BCUT2D eigenvalue weighted by Crippen LogP contribution is -2.18. The molecule has 0 aliphatic rings. The zero-order chi connectivity index (χ0) is 11.6. The summed E-state index contributed by atoms with van der Waals surface area (Å²) in [6.07, 6.45) is -4.60. The number of ether oxygens (including phenoxy) is 1. The molecule has 0 heterocycles. The number of halogens is 4. The minimum Gasteiger partial charge on any atom is -0.405 e. The number of alkyl halides is 3. The van der Waals surface area contributed by atoms with Crippen molar-refractivity contribution in [2.45, 2.75) is 6.36 Å². The average molecular weight is 284 g/mol. The highest BCUT2D eigenvalue weighted by Crippen LogP contribution is 2.32. The minimum atomic E-state index is -4.86. The highest BCUT2D eigenvalue weighted by molar-refractivity contribution is 9.10. The van der Waals surface area contributed by atoms with E-state index >= 15 is 0 Å². The van der Waals surface area contributed by atoms with Crippen molar-refractivity contribution in [3.63, 3.8) is 0 Å². The molecule has 0 bridgehead atoms. The number of carbonyl (C=O) groups is 1. The zero-order valence-corrected chi connectivity index (χ0v) is 8.72. The third-order valence-corrected chi connectivity index (χ3v) is 2.11. The molecule has 0 aliphatic carbocycles. The summed E-state index contributed by atoms with van der Waals surface area (Å²) in [5.74, 6) is -0.621. The zero-order valence-electron chi connectivity index (χ0n) is 7.14. The number of hydrogen-bond acceptors (Lipinski definition) is 3. The van der Waals surface area contributed by atoms with E-state index in [0.29, 0.717) is 0 Å². The maximum Gasteiger partial charge on any atom is 0.573 e. The first-order valence-corrected chi connectivity index (χ1v) is 4.42. The second kappa shape index (κ2) is 4.09. The SMILES string of the molecule is Nc1cc(Br)c(C=O)c(OC(F)(F)F)c1. The van der Waals surface area contributed by atoms with E-state index in [1.54, 1.807) is 0 Å². The van der Waals surface area contributed by atoms with Crippen LogP contribution in [0.15, 0.2) is 16.6 Å². The van der Waals surface area contributed by atoms with E-state index in [-0.39, 0.29) is 22.0 Å². The van der Waals surface area contributed by atoms with Crippen molar-refractivity contribution in [2.24, 2.45) is 0 Å². The van der Waals surface area contributed by atoms with E-state index in [0.717, 1.165) is 6.07 Å². The number of nitrogens with two attached hydrogens (primary N) is 1. The third kappa shape index (κ3) is 3.12. The Morgan fingerprint density at radius 2 is 2.00 bits per heavy atom. The van der Waals surface area contributed by atoms with Gasteiger partial charge in [-0.15, -0.1) is 13.2 Å². The van der Waals surface area contributed by atoms with Crippen LogP contribution in [0.5, 0.6) is 5.75 Å². The lowest BCUT2D eigenvalue weighted by molar-refractivity contribution is -0.274. The van der Waals surface area contributed by atoms with Gasteiger partial charge < -0.3 is 10.5 Å². The van der Waals surface area contributed by atoms with Crippen LogP contribution in [0.4, 0.5) is 18.9 Å². The molecule has 15 heavy (non-hydrogen) atoms. The predicted molar refractivity (Wildman–Crippen MR) is 50.6 cm³/mol. The Hall–Kier alpha value is -1.24. The van der Waals surface area contributed by atoms with Crippen LogP contribution in [0.1, 0.15) is 10.4 Å². The molecule has 1 aromatic carbocycles. The van der Waals surface area contributed by atoms with Gasteiger partial charge in [-0.3, -0.25) is 4.79 Å². The van der Waals surface area contributed by atoms with E-state index in [4.69, 9.17) is 5.73 Å². The van der Waals surface area contributed by atoms with Gasteiger partial charge in [0.05, 0.1) is 5.56 Å². The fourth-order valence-electron chi connectivity index (χ4n) is 0.936. The molecular formula is C8H5BrF3NO2. The first kappa shape index (κ1) is 11.8. The van der Waals surface area contributed by atoms with Gasteiger partial charge in [-0.05, 0) is 22.0 Å². The summed E-state index contributed by atoms with van der Waals surface area (Å²) in [5.41, 5.74) is 5.14. The van der Waals surface area contributed by atoms with Crippen molar-refractivity contribution in [1.82, 2.24) is 0 Å². The van der Waals surface area contributed by atoms with E-state index in [2.05, 4.69) is 20.7 Å². The summed E-state index contributed by atoms with van der Waals surface area (Å²) in [7, 11) is 0. The molecule has 0 saturated heterocycles. The van der Waals surface area contributed by atoms with Crippen molar-refractivity contribution in [3.8, 4) is 5.75 Å². The minimum absolute atomic E-state index is 0.0618. The molecule has 0 radical (unpaired) electrons. The fourth-order valence-corrected chi connectivity index (χ4v) is 1.49. The van der Waals surface area contributed by atoms with E-state index < -0.39 is 12.1 Å². The molecule has 0 aliphatic heterocycles. The highest BCUT2D eigenvalue weighted by atomic mass is 79.9. The van der Waals surface area contributed by atoms with Crippen molar-refractivity contribution in [1.29, 1.82) is 0 Å². The van der Waals surface area contributed by atoms with Crippen molar-refractivity contribution >= 4 is 27.9 Å². The van der Waals surface area contributed by atoms with E-state index in [1.165, 1.54) is 6.07 Å². The summed E-state index contributed by atoms with van der Waals surface area (Å²) in [5, 5.41) is 0. The Morgan fingerprint density at radius 3 is 2.47 bits per heavy atom. The molecule has 0 aromatic heterocycles. The second-order valence-electron chi connectivity index (χ2n) is 2.58. The van der Waals surface area contributed by atoms with Gasteiger partial charge in [-0.2, -0.15) is 0 Å². The Labute approximate surface area is 91.1 Å². The molecule has 1 rings (SSSR count). The Morgan fingerprint density at radius 1 is 1.40 bits per heavy atom.